The maximum atomic E-state index is 8.45. The predicted molar refractivity (Wildman–Crippen MR) is 43.7 cm³/mol. The summed E-state index contributed by atoms with van der Waals surface area (Å²) in [6.45, 7) is 1.87. The molecule has 0 saturated heterocycles. The second kappa shape index (κ2) is 6.52. The summed E-state index contributed by atoms with van der Waals surface area (Å²) in [5.41, 5.74) is 1.62. The van der Waals surface area contributed by atoms with Gasteiger partial charge in [0.1, 0.15) is 0 Å². The molecule has 0 aliphatic rings. The van der Waals surface area contributed by atoms with E-state index in [1.54, 1.807) is 12.1 Å². The molecule has 0 unspecified atom stereocenters. The first kappa shape index (κ1) is 10.8. The Balaban J connectivity index is 0.000000461. The van der Waals surface area contributed by atoms with E-state index in [9.17, 15) is 0 Å². The number of nitriles is 1. The SMILES string of the molecule is Cc1[c-]cccc1C#N.[Zn+][Br]. The fourth-order valence-corrected chi connectivity index (χ4v) is 0.641. The van der Waals surface area contributed by atoms with E-state index in [0.29, 0.717) is 5.56 Å². The van der Waals surface area contributed by atoms with E-state index in [1.165, 1.54) is 16.3 Å². The van der Waals surface area contributed by atoms with Gasteiger partial charge in [-0.2, -0.15) is 24.3 Å². The number of hydrogen-bond acceptors (Lipinski definition) is 1. The van der Waals surface area contributed by atoms with Crippen LogP contribution in [0, 0.1) is 24.3 Å². The van der Waals surface area contributed by atoms with Crippen LogP contribution in [-0.2, 0) is 16.3 Å². The number of hydrogen-bond donors (Lipinski definition) is 0. The van der Waals surface area contributed by atoms with Crippen molar-refractivity contribution in [2.24, 2.45) is 0 Å². The molecule has 52 valence electrons. The number of halogens is 1. The van der Waals surface area contributed by atoms with Crippen LogP contribution in [0.5, 0.6) is 0 Å². The van der Waals surface area contributed by atoms with Gasteiger partial charge in [0.25, 0.3) is 0 Å². The minimum atomic E-state index is 0.706. The van der Waals surface area contributed by atoms with E-state index in [4.69, 9.17) is 5.26 Å². The molecule has 0 aromatic heterocycles. The molecule has 1 rings (SSSR count). The number of aryl methyl sites for hydroxylation is 1. The maximum absolute atomic E-state index is 8.45. The van der Waals surface area contributed by atoms with Gasteiger partial charge in [0.15, 0.2) is 0 Å². The first-order valence-electron chi connectivity index (χ1n) is 2.98. The quantitative estimate of drug-likeness (QED) is 0.520. The van der Waals surface area contributed by atoms with Gasteiger partial charge in [0.2, 0.25) is 0 Å². The van der Waals surface area contributed by atoms with Gasteiger partial charge in [-0.25, -0.2) is 5.26 Å². The summed E-state index contributed by atoms with van der Waals surface area (Å²) in [6.07, 6.45) is 0. The van der Waals surface area contributed by atoms with Crippen molar-refractivity contribution in [3.05, 3.63) is 35.4 Å². The zero-order valence-electron chi connectivity index (χ0n) is 6.26. The molecule has 0 heterocycles. The topological polar surface area (TPSA) is 23.8 Å². The molecule has 0 fully saturated rings. The Hall–Kier alpha value is -0.187. The van der Waals surface area contributed by atoms with E-state index in [-0.39, 0.29) is 0 Å². The van der Waals surface area contributed by atoms with Crippen LogP contribution in [0.1, 0.15) is 11.1 Å². The molecular weight excluding hydrogens is 255 g/mol. The van der Waals surface area contributed by atoms with Crippen molar-refractivity contribution >= 4 is 13.6 Å². The van der Waals surface area contributed by atoms with Gasteiger partial charge in [-0.1, -0.05) is 12.5 Å². The Morgan fingerprint density at radius 2 is 2.27 bits per heavy atom. The number of nitrogens with zero attached hydrogens (tertiary/aromatic N) is 1. The standard InChI is InChI=1S/C8H6N.BrH.Zn/c1-7-4-2-3-5-8(7)6-9;;/h2-3,5H,1H3;1H;/q-1;;+2/p-1. The second-order valence-corrected chi connectivity index (χ2v) is 1.82. The van der Waals surface area contributed by atoms with Crippen molar-refractivity contribution < 1.29 is 16.3 Å². The summed E-state index contributed by atoms with van der Waals surface area (Å²) in [5.74, 6) is 0. The van der Waals surface area contributed by atoms with Crippen molar-refractivity contribution in [2.75, 3.05) is 0 Å². The third-order valence-corrected chi connectivity index (χ3v) is 1.18. The molecule has 0 atom stereocenters. The van der Waals surface area contributed by atoms with Gasteiger partial charge in [-0.05, 0) is 0 Å². The van der Waals surface area contributed by atoms with Crippen molar-refractivity contribution in [3.8, 4) is 6.07 Å². The molecule has 3 heteroatoms. The van der Waals surface area contributed by atoms with Gasteiger partial charge in [0.05, 0.1) is 0 Å². The number of rotatable bonds is 0. The summed E-state index contributed by atoms with van der Waals surface area (Å²) in [7, 11) is 0. The molecule has 0 bridgehead atoms. The fourth-order valence-electron chi connectivity index (χ4n) is 0.641. The normalized spacial score (nSPS) is 7.55. The Morgan fingerprint density at radius 3 is 2.64 bits per heavy atom. The summed E-state index contributed by atoms with van der Waals surface area (Å²) in [6, 6.07) is 10.4. The monoisotopic (exact) mass is 259 g/mol. The van der Waals surface area contributed by atoms with E-state index in [2.05, 4.69) is 25.8 Å². The molecule has 0 radical (unpaired) electrons. The Morgan fingerprint density at radius 1 is 1.64 bits per heavy atom. The predicted octanol–water partition coefficient (Wildman–Crippen LogP) is 2.51. The van der Waals surface area contributed by atoms with Gasteiger partial charge >= 0.3 is 30.0 Å². The van der Waals surface area contributed by atoms with E-state index < -0.39 is 0 Å². The summed E-state index contributed by atoms with van der Waals surface area (Å²) < 4.78 is 0. The zero-order chi connectivity index (χ0) is 8.69. The zero-order valence-corrected chi connectivity index (χ0v) is 10.8. The van der Waals surface area contributed by atoms with Gasteiger partial charge in [-0.15, -0.1) is 5.56 Å². The average Bonchev–Trinajstić information content (AvgIpc) is 2.09. The van der Waals surface area contributed by atoms with Crippen LogP contribution in [-0.4, -0.2) is 0 Å². The van der Waals surface area contributed by atoms with Gasteiger partial charge in [0, 0.05) is 6.07 Å². The van der Waals surface area contributed by atoms with Crippen molar-refractivity contribution in [2.45, 2.75) is 6.92 Å². The molecule has 0 N–H and O–H groups in total. The Labute approximate surface area is 83.5 Å². The van der Waals surface area contributed by atoms with Crippen molar-refractivity contribution in [1.82, 2.24) is 0 Å². The third kappa shape index (κ3) is 3.65. The van der Waals surface area contributed by atoms with Crippen LogP contribution in [0.25, 0.3) is 0 Å². The second-order valence-electron chi connectivity index (χ2n) is 1.82. The molecular formula is C8H6BrNZn. The Bertz CT molecular complexity index is 255. The minimum absolute atomic E-state index is 0.706. The molecule has 1 nitrogen and oxygen atoms in total. The molecule has 0 aliphatic heterocycles. The third-order valence-electron chi connectivity index (χ3n) is 1.18. The molecule has 1 aromatic carbocycles. The molecule has 0 spiro atoms. The van der Waals surface area contributed by atoms with Crippen LogP contribution in [0.15, 0.2) is 18.2 Å². The molecule has 11 heavy (non-hydrogen) atoms. The molecule has 1 aromatic rings. The van der Waals surface area contributed by atoms with Crippen LogP contribution in [0.2, 0.25) is 0 Å². The van der Waals surface area contributed by atoms with Gasteiger partial charge in [-0.3, -0.25) is 0 Å². The van der Waals surface area contributed by atoms with Gasteiger partial charge < -0.3 is 0 Å². The molecule has 0 aliphatic carbocycles. The van der Waals surface area contributed by atoms with Crippen molar-refractivity contribution in [1.29, 1.82) is 5.26 Å². The Kier molecular flexibility index (Phi) is 6.41. The van der Waals surface area contributed by atoms with Crippen LogP contribution < -0.4 is 0 Å². The van der Waals surface area contributed by atoms with Crippen LogP contribution in [0.3, 0.4) is 0 Å². The van der Waals surface area contributed by atoms with E-state index in [1.807, 2.05) is 13.0 Å². The van der Waals surface area contributed by atoms with E-state index >= 15 is 0 Å². The first-order chi connectivity index (χ1) is 5.34. The van der Waals surface area contributed by atoms with E-state index in [0.717, 1.165) is 5.56 Å². The van der Waals surface area contributed by atoms with Crippen LogP contribution >= 0.6 is 13.6 Å². The molecule has 0 saturated carbocycles. The average molecular weight is 261 g/mol. The van der Waals surface area contributed by atoms with Crippen molar-refractivity contribution in [3.63, 3.8) is 0 Å². The fraction of sp³-hybridized carbons (Fsp3) is 0.125. The first-order valence-corrected chi connectivity index (χ1v) is 9.93. The summed E-state index contributed by atoms with van der Waals surface area (Å²) in [4.78, 5) is 0. The summed E-state index contributed by atoms with van der Waals surface area (Å²) >= 11 is 4.25. The van der Waals surface area contributed by atoms with Crippen LogP contribution in [0.4, 0.5) is 0 Å². The summed E-state index contributed by atoms with van der Waals surface area (Å²) in [5, 5.41) is 8.45. The number of benzene rings is 1. The molecule has 0 amide bonds.